The van der Waals surface area contributed by atoms with Gasteiger partial charge in [-0.25, -0.2) is 0 Å². The summed E-state index contributed by atoms with van der Waals surface area (Å²) in [6.45, 7) is 4.38. The summed E-state index contributed by atoms with van der Waals surface area (Å²) in [6.07, 6.45) is 7.88. The Kier molecular flexibility index (Phi) is 3.69. The maximum Gasteiger partial charge on any atom is 0.112 e. The fourth-order valence-corrected chi connectivity index (χ4v) is 2.95. The second-order valence-electron chi connectivity index (χ2n) is 5.19. The van der Waals surface area contributed by atoms with Gasteiger partial charge in [0.2, 0.25) is 0 Å². The lowest BCUT2D eigenvalue weighted by molar-refractivity contribution is 0.318. The Bertz CT molecular complexity index is 581. The second-order valence-corrected chi connectivity index (χ2v) is 6.10. The molecular weight excluding hydrogens is 302 g/mol. The zero-order valence-electron chi connectivity index (χ0n) is 11.1. The van der Waals surface area contributed by atoms with Gasteiger partial charge < -0.3 is 4.90 Å². The van der Waals surface area contributed by atoms with Gasteiger partial charge in [-0.05, 0) is 53.7 Å². The first kappa shape index (κ1) is 12.9. The van der Waals surface area contributed by atoms with Gasteiger partial charge in [-0.1, -0.05) is 6.42 Å². The molecule has 1 saturated carbocycles. The fraction of sp³-hybridized carbons (Fsp3) is 0.467. The van der Waals surface area contributed by atoms with Crippen LogP contribution in [0, 0.1) is 5.92 Å². The van der Waals surface area contributed by atoms with Crippen LogP contribution in [-0.4, -0.2) is 23.1 Å². The van der Waals surface area contributed by atoms with Crippen LogP contribution in [0.2, 0.25) is 0 Å². The summed E-state index contributed by atoms with van der Waals surface area (Å²) in [5.41, 5.74) is 3.18. The van der Waals surface area contributed by atoms with Gasteiger partial charge in [-0.2, -0.15) is 0 Å². The van der Waals surface area contributed by atoms with E-state index in [-0.39, 0.29) is 0 Å². The molecule has 0 radical (unpaired) electrons. The van der Waals surface area contributed by atoms with E-state index in [9.17, 15) is 0 Å². The molecule has 0 aliphatic heterocycles. The van der Waals surface area contributed by atoms with Crippen molar-refractivity contribution in [3.05, 3.63) is 29.0 Å². The summed E-state index contributed by atoms with van der Waals surface area (Å²) in [5.74, 6) is 0.860. The molecule has 1 fully saturated rings. The highest BCUT2D eigenvalue weighted by Gasteiger charge is 2.21. The van der Waals surface area contributed by atoms with Crippen molar-refractivity contribution < 1.29 is 0 Å². The zero-order valence-corrected chi connectivity index (χ0v) is 12.7. The van der Waals surface area contributed by atoms with E-state index in [4.69, 9.17) is 0 Å². The molecule has 2 heterocycles. The summed E-state index contributed by atoms with van der Waals surface area (Å²) >= 11 is 3.46. The molecule has 3 nitrogen and oxygen atoms in total. The van der Waals surface area contributed by atoms with Crippen LogP contribution in [0.25, 0.3) is 11.0 Å². The van der Waals surface area contributed by atoms with Crippen molar-refractivity contribution in [1.29, 1.82) is 0 Å². The molecule has 0 atom stereocenters. The molecule has 0 spiro atoms. The Morgan fingerprint density at radius 1 is 1.37 bits per heavy atom. The van der Waals surface area contributed by atoms with Gasteiger partial charge >= 0.3 is 0 Å². The Balaban J connectivity index is 1.97. The molecule has 3 rings (SSSR count). The Hall–Kier alpha value is -1.16. The van der Waals surface area contributed by atoms with Crippen molar-refractivity contribution in [2.45, 2.75) is 26.2 Å². The van der Waals surface area contributed by atoms with Gasteiger partial charge in [0, 0.05) is 30.0 Å². The largest absolute Gasteiger partial charge is 0.370 e. The predicted octanol–water partition coefficient (Wildman–Crippen LogP) is 4.02. The first-order chi connectivity index (χ1) is 9.28. The summed E-state index contributed by atoms with van der Waals surface area (Å²) in [6, 6.07) is 4.12. The van der Waals surface area contributed by atoms with Crippen LogP contribution in [-0.2, 0) is 0 Å². The number of rotatable bonds is 4. The third-order valence-corrected chi connectivity index (χ3v) is 4.38. The number of hydrogen-bond acceptors (Lipinski definition) is 3. The van der Waals surface area contributed by atoms with Crippen molar-refractivity contribution in [2.75, 3.05) is 18.0 Å². The van der Waals surface area contributed by atoms with Gasteiger partial charge in [-0.3, -0.25) is 9.97 Å². The van der Waals surface area contributed by atoms with Gasteiger partial charge in [0.1, 0.15) is 5.52 Å². The van der Waals surface area contributed by atoms with Crippen LogP contribution in [0.1, 0.15) is 26.2 Å². The van der Waals surface area contributed by atoms with E-state index in [0.717, 1.165) is 34.5 Å². The zero-order chi connectivity index (χ0) is 13.2. The van der Waals surface area contributed by atoms with Crippen LogP contribution in [0.4, 0.5) is 5.69 Å². The summed E-state index contributed by atoms with van der Waals surface area (Å²) in [5, 5.41) is 0. The van der Waals surface area contributed by atoms with E-state index in [2.05, 4.69) is 43.8 Å². The molecular formula is C15H18BrN3. The Labute approximate surface area is 122 Å². The monoisotopic (exact) mass is 319 g/mol. The lowest BCUT2D eigenvalue weighted by Crippen LogP contribution is -2.32. The first-order valence-corrected chi connectivity index (χ1v) is 7.72. The van der Waals surface area contributed by atoms with Crippen molar-refractivity contribution in [3.8, 4) is 0 Å². The highest BCUT2D eigenvalue weighted by Crippen LogP contribution is 2.31. The van der Waals surface area contributed by atoms with Gasteiger partial charge in [0.15, 0.2) is 0 Å². The average molecular weight is 320 g/mol. The molecule has 2 aromatic rings. The highest BCUT2D eigenvalue weighted by molar-refractivity contribution is 9.10. The van der Waals surface area contributed by atoms with E-state index < -0.39 is 0 Å². The highest BCUT2D eigenvalue weighted by atomic mass is 79.9. The van der Waals surface area contributed by atoms with E-state index >= 15 is 0 Å². The van der Waals surface area contributed by atoms with E-state index in [1.54, 1.807) is 0 Å². The number of anilines is 1. The maximum atomic E-state index is 4.55. The number of nitrogens with zero attached hydrogens (tertiary/aromatic N) is 3. The molecule has 4 heteroatoms. The van der Waals surface area contributed by atoms with Gasteiger partial charge in [-0.15, -0.1) is 0 Å². The topological polar surface area (TPSA) is 29.0 Å². The molecule has 0 aromatic carbocycles. The molecule has 1 aliphatic rings. The van der Waals surface area contributed by atoms with Crippen LogP contribution >= 0.6 is 15.9 Å². The number of fused-ring (bicyclic) bond motifs is 1. The van der Waals surface area contributed by atoms with Crippen LogP contribution < -0.4 is 4.90 Å². The predicted molar refractivity (Wildman–Crippen MR) is 82.5 cm³/mol. The molecule has 2 aromatic heterocycles. The molecule has 1 aliphatic carbocycles. The minimum atomic E-state index is 0.860. The average Bonchev–Trinajstić information content (AvgIpc) is 2.37. The fourth-order valence-electron chi connectivity index (χ4n) is 2.63. The summed E-state index contributed by atoms with van der Waals surface area (Å²) < 4.78 is 0.978. The van der Waals surface area contributed by atoms with Crippen molar-refractivity contribution >= 4 is 32.7 Å². The maximum absolute atomic E-state index is 4.55. The number of aromatic nitrogens is 2. The third kappa shape index (κ3) is 2.59. The minimum Gasteiger partial charge on any atom is -0.370 e. The molecule has 100 valence electrons. The quantitative estimate of drug-likeness (QED) is 0.852. The smallest absolute Gasteiger partial charge is 0.112 e. The molecule has 0 amide bonds. The van der Waals surface area contributed by atoms with Crippen molar-refractivity contribution in [3.63, 3.8) is 0 Å². The van der Waals surface area contributed by atoms with E-state index in [1.165, 1.54) is 24.9 Å². The van der Waals surface area contributed by atoms with Gasteiger partial charge in [0.05, 0.1) is 11.2 Å². The second kappa shape index (κ2) is 5.45. The minimum absolute atomic E-state index is 0.860. The van der Waals surface area contributed by atoms with Crippen LogP contribution in [0.3, 0.4) is 0 Å². The molecule has 19 heavy (non-hydrogen) atoms. The summed E-state index contributed by atoms with van der Waals surface area (Å²) in [4.78, 5) is 11.4. The standard InChI is InChI=1S/C15H18BrN3/c1-2-19(10-11-4-3-5-11)14-6-7-17-13-8-12(16)9-18-15(13)14/h6-9,11H,2-5,10H2,1H3. The summed E-state index contributed by atoms with van der Waals surface area (Å²) in [7, 11) is 0. The molecule has 0 N–H and O–H groups in total. The Morgan fingerprint density at radius 3 is 2.89 bits per heavy atom. The van der Waals surface area contributed by atoms with Crippen molar-refractivity contribution in [1.82, 2.24) is 9.97 Å². The SMILES string of the molecule is CCN(CC1CCC1)c1ccnc2cc(Br)cnc12. The van der Waals surface area contributed by atoms with E-state index in [0.29, 0.717) is 0 Å². The molecule has 0 saturated heterocycles. The van der Waals surface area contributed by atoms with E-state index in [1.807, 2.05) is 18.5 Å². The number of pyridine rings is 2. The molecule has 0 unspecified atom stereocenters. The van der Waals surface area contributed by atoms with Crippen molar-refractivity contribution in [2.24, 2.45) is 5.92 Å². The first-order valence-electron chi connectivity index (χ1n) is 6.93. The normalized spacial score (nSPS) is 15.5. The van der Waals surface area contributed by atoms with Gasteiger partial charge in [0.25, 0.3) is 0 Å². The number of halogens is 1. The third-order valence-electron chi connectivity index (χ3n) is 3.95. The number of hydrogen-bond donors (Lipinski definition) is 0. The lowest BCUT2D eigenvalue weighted by atomic mass is 9.85. The van der Waals surface area contributed by atoms with Crippen LogP contribution in [0.15, 0.2) is 29.0 Å². The van der Waals surface area contributed by atoms with Crippen LogP contribution in [0.5, 0.6) is 0 Å². The Morgan fingerprint density at radius 2 is 2.21 bits per heavy atom. The lowest BCUT2D eigenvalue weighted by Gasteiger charge is -2.33. The molecule has 0 bridgehead atoms.